The fourth-order valence-electron chi connectivity index (χ4n) is 1.52. The Hall–Kier alpha value is -2.87. The highest BCUT2D eigenvalue weighted by Gasteiger charge is 2.10. The Bertz CT molecular complexity index is 695. The van der Waals surface area contributed by atoms with Gasteiger partial charge in [0.2, 0.25) is 0 Å². The predicted molar refractivity (Wildman–Crippen MR) is 65.3 cm³/mol. The maximum absolute atomic E-state index is 13.5. The second-order valence-electron chi connectivity index (χ2n) is 3.66. The van der Waals surface area contributed by atoms with Crippen LogP contribution in [0.2, 0.25) is 0 Å². The molecule has 0 aliphatic rings. The Labute approximate surface area is 108 Å². The zero-order chi connectivity index (χ0) is 13.8. The maximum atomic E-state index is 13.5. The minimum absolute atomic E-state index is 0.178. The van der Waals surface area contributed by atoms with E-state index in [1.54, 1.807) is 18.2 Å². The summed E-state index contributed by atoms with van der Waals surface area (Å²) in [4.78, 5) is 10.7. The molecule has 19 heavy (non-hydrogen) atoms. The van der Waals surface area contributed by atoms with Gasteiger partial charge in [-0.15, -0.1) is 0 Å². The molecule has 94 valence electrons. The van der Waals surface area contributed by atoms with Crippen molar-refractivity contribution in [2.24, 2.45) is 0 Å². The molecule has 0 spiro atoms. The molecule has 0 atom stereocenters. The molecule has 1 heterocycles. The minimum Gasteiger partial charge on any atom is -0.477 e. The van der Waals surface area contributed by atoms with E-state index in [1.165, 1.54) is 24.3 Å². The summed E-state index contributed by atoms with van der Waals surface area (Å²) < 4.78 is 18.8. The van der Waals surface area contributed by atoms with E-state index in [1.807, 2.05) is 0 Å². The van der Waals surface area contributed by atoms with Gasteiger partial charge in [0.25, 0.3) is 0 Å². The lowest BCUT2D eigenvalue weighted by molar-refractivity contribution is -0.132. The number of nitriles is 1. The Morgan fingerprint density at radius 2 is 2.05 bits per heavy atom. The molecule has 0 saturated heterocycles. The van der Waals surface area contributed by atoms with Gasteiger partial charge in [-0.2, -0.15) is 5.26 Å². The third kappa shape index (κ3) is 2.69. The van der Waals surface area contributed by atoms with Crippen LogP contribution in [0.1, 0.15) is 5.76 Å². The van der Waals surface area contributed by atoms with E-state index in [9.17, 15) is 9.18 Å². The summed E-state index contributed by atoms with van der Waals surface area (Å²) >= 11 is 0. The van der Waals surface area contributed by atoms with Gasteiger partial charge in [-0.25, -0.2) is 9.18 Å². The van der Waals surface area contributed by atoms with Crippen LogP contribution in [0.3, 0.4) is 0 Å². The van der Waals surface area contributed by atoms with Crippen LogP contribution in [0.5, 0.6) is 0 Å². The van der Waals surface area contributed by atoms with Crippen molar-refractivity contribution in [2.75, 3.05) is 0 Å². The van der Waals surface area contributed by atoms with Gasteiger partial charge in [0, 0.05) is 6.08 Å². The van der Waals surface area contributed by atoms with Crippen molar-refractivity contribution in [3.05, 3.63) is 53.5 Å². The highest BCUT2D eigenvalue weighted by Crippen LogP contribution is 2.25. The van der Waals surface area contributed by atoms with E-state index in [2.05, 4.69) is 0 Å². The summed E-state index contributed by atoms with van der Waals surface area (Å²) in [7, 11) is 0. The first-order valence-electron chi connectivity index (χ1n) is 5.31. The number of benzene rings is 1. The molecule has 0 radical (unpaired) electrons. The third-order valence-corrected chi connectivity index (χ3v) is 2.40. The number of aliphatic carboxylic acids is 1. The lowest BCUT2D eigenvalue weighted by atomic mass is 10.1. The summed E-state index contributed by atoms with van der Waals surface area (Å²) in [5, 5.41) is 17.3. The van der Waals surface area contributed by atoms with Crippen molar-refractivity contribution >= 4 is 12.0 Å². The van der Waals surface area contributed by atoms with Crippen LogP contribution < -0.4 is 0 Å². The topological polar surface area (TPSA) is 74.2 Å². The molecule has 5 heteroatoms. The van der Waals surface area contributed by atoms with Gasteiger partial charge in [-0.05, 0) is 24.3 Å². The van der Waals surface area contributed by atoms with E-state index in [-0.39, 0.29) is 17.1 Å². The van der Waals surface area contributed by atoms with Gasteiger partial charge >= 0.3 is 5.97 Å². The second-order valence-corrected chi connectivity index (χ2v) is 3.66. The van der Waals surface area contributed by atoms with Crippen molar-refractivity contribution in [3.63, 3.8) is 0 Å². The van der Waals surface area contributed by atoms with Crippen molar-refractivity contribution in [1.29, 1.82) is 5.26 Å². The number of carboxylic acid groups (broad SMARTS) is 1. The number of carboxylic acids is 1. The average molecular weight is 257 g/mol. The molecular weight excluding hydrogens is 249 g/mol. The number of furan rings is 1. The molecule has 0 aliphatic heterocycles. The third-order valence-electron chi connectivity index (χ3n) is 2.40. The van der Waals surface area contributed by atoms with Crippen molar-refractivity contribution in [2.45, 2.75) is 0 Å². The summed E-state index contributed by atoms with van der Waals surface area (Å²) in [6, 6.07) is 10.6. The SMILES string of the molecule is N#C/C(=C\c1ccc(-c2ccccc2F)o1)C(=O)O. The van der Waals surface area contributed by atoms with E-state index < -0.39 is 17.4 Å². The van der Waals surface area contributed by atoms with Crippen LogP contribution in [0, 0.1) is 17.1 Å². The number of rotatable bonds is 3. The quantitative estimate of drug-likeness (QED) is 0.677. The van der Waals surface area contributed by atoms with E-state index in [0.717, 1.165) is 6.08 Å². The molecule has 2 rings (SSSR count). The predicted octanol–water partition coefficient (Wildman–Crippen LogP) is 3.08. The van der Waals surface area contributed by atoms with Gasteiger partial charge in [-0.1, -0.05) is 12.1 Å². The number of carbonyl (C=O) groups is 1. The van der Waals surface area contributed by atoms with Crippen LogP contribution in [-0.2, 0) is 4.79 Å². The van der Waals surface area contributed by atoms with Crippen LogP contribution in [0.4, 0.5) is 4.39 Å². The molecule has 0 saturated carbocycles. The molecule has 1 N–H and O–H groups in total. The zero-order valence-corrected chi connectivity index (χ0v) is 9.63. The van der Waals surface area contributed by atoms with Crippen molar-refractivity contribution in [3.8, 4) is 17.4 Å². The van der Waals surface area contributed by atoms with E-state index in [0.29, 0.717) is 0 Å². The van der Waals surface area contributed by atoms with Crippen LogP contribution in [0.25, 0.3) is 17.4 Å². The van der Waals surface area contributed by atoms with Gasteiger partial charge in [0.15, 0.2) is 0 Å². The number of hydrogen-bond donors (Lipinski definition) is 1. The lowest BCUT2D eigenvalue weighted by Gasteiger charge is -1.97. The Balaban J connectivity index is 2.38. The summed E-state index contributed by atoms with van der Waals surface area (Å²) in [6.45, 7) is 0. The summed E-state index contributed by atoms with van der Waals surface area (Å²) in [5.74, 6) is -1.33. The van der Waals surface area contributed by atoms with Crippen LogP contribution in [-0.4, -0.2) is 11.1 Å². The van der Waals surface area contributed by atoms with Crippen LogP contribution >= 0.6 is 0 Å². The van der Waals surface area contributed by atoms with Gasteiger partial charge in [0.1, 0.15) is 29.0 Å². The minimum atomic E-state index is -1.34. The first kappa shape index (κ1) is 12.6. The van der Waals surface area contributed by atoms with Gasteiger partial charge in [0.05, 0.1) is 5.56 Å². The Morgan fingerprint density at radius 3 is 2.68 bits per heavy atom. The molecule has 0 fully saturated rings. The van der Waals surface area contributed by atoms with Gasteiger partial charge < -0.3 is 9.52 Å². The average Bonchev–Trinajstić information content (AvgIpc) is 2.84. The van der Waals surface area contributed by atoms with Gasteiger partial charge in [-0.3, -0.25) is 0 Å². The normalized spacial score (nSPS) is 11.1. The second kappa shape index (κ2) is 5.19. The van der Waals surface area contributed by atoms with Crippen molar-refractivity contribution < 1.29 is 18.7 Å². The zero-order valence-electron chi connectivity index (χ0n) is 9.63. The first-order chi connectivity index (χ1) is 9.11. The van der Waals surface area contributed by atoms with E-state index >= 15 is 0 Å². The highest BCUT2D eigenvalue weighted by atomic mass is 19.1. The Kier molecular flexibility index (Phi) is 3.44. The lowest BCUT2D eigenvalue weighted by Crippen LogP contribution is -1.96. The van der Waals surface area contributed by atoms with Crippen molar-refractivity contribution in [1.82, 2.24) is 0 Å². The summed E-state index contributed by atoms with van der Waals surface area (Å²) in [5.41, 5.74) is -0.176. The molecule has 1 aromatic carbocycles. The Morgan fingerprint density at radius 1 is 1.32 bits per heavy atom. The number of halogens is 1. The summed E-state index contributed by atoms with van der Waals surface area (Å²) in [6.07, 6.45) is 1.09. The fourth-order valence-corrected chi connectivity index (χ4v) is 1.52. The number of nitrogens with zero attached hydrogens (tertiary/aromatic N) is 1. The highest BCUT2D eigenvalue weighted by molar-refractivity contribution is 5.96. The smallest absolute Gasteiger partial charge is 0.346 e. The fraction of sp³-hybridized carbons (Fsp3) is 0. The molecule has 0 bridgehead atoms. The monoisotopic (exact) mass is 257 g/mol. The molecule has 0 unspecified atom stereocenters. The molecule has 1 aromatic heterocycles. The maximum Gasteiger partial charge on any atom is 0.346 e. The number of hydrogen-bond acceptors (Lipinski definition) is 3. The molecule has 2 aromatic rings. The van der Waals surface area contributed by atoms with E-state index in [4.69, 9.17) is 14.8 Å². The first-order valence-corrected chi connectivity index (χ1v) is 5.31. The standard InChI is InChI=1S/C14H8FNO3/c15-12-4-2-1-3-11(12)13-6-5-10(19-13)7-9(8-16)14(17)18/h1-7H,(H,17,18)/b9-7+. The molecule has 4 nitrogen and oxygen atoms in total. The largest absolute Gasteiger partial charge is 0.477 e. The molecule has 0 amide bonds. The van der Waals surface area contributed by atoms with Crippen LogP contribution in [0.15, 0.2) is 46.4 Å². The molecular formula is C14H8FNO3. The molecule has 0 aliphatic carbocycles.